The minimum Gasteiger partial charge on any atom is -0.393 e. The lowest BCUT2D eigenvalue weighted by atomic mass is 10.0. The highest BCUT2D eigenvalue weighted by molar-refractivity contribution is 9.10. The van der Waals surface area contributed by atoms with Gasteiger partial charge in [0.15, 0.2) is 0 Å². The number of hydrogen-bond donors (Lipinski definition) is 1. The largest absolute Gasteiger partial charge is 0.393 e. The molecule has 1 unspecified atom stereocenters. The van der Waals surface area contributed by atoms with Gasteiger partial charge in [0, 0.05) is 24.1 Å². The second-order valence-electron chi connectivity index (χ2n) is 3.93. The van der Waals surface area contributed by atoms with Crippen molar-refractivity contribution < 1.29 is 14.2 Å². The fourth-order valence-corrected chi connectivity index (χ4v) is 1.94. The molecule has 0 fully saturated rings. The molecule has 1 aromatic rings. The number of ether oxygens (including phenoxy) is 1. The molecule has 96 valence electrons. The van der Waals surface area contributed by atoms with Gasteiger partial charge in [-0.2, -0.15) is 0 Å². The van der Waals surface area contributed by atoms with Crippen molar-refractivity contribution in [3.05, 3.63) is 34.1 Å². The van der Waals surface area contributed by atoms with Crippen LogP contribution >= 0.6 is 15.9 Å². The average molecular weight is 305 g/mol. The summed E-state index contributed by atoms with van der Waals surface area (Å²) >= 11 is 3.20. The molecule has 0 saturated carbocycles. The van der Waals surface area contributed by atoms with Crippen molar-refractivity contribution in [2.24, 2.45) is 0 Å². The Hall–Kier alpha value is -0.450. The molecule has 4 heteroatoms. The standard InChI is InChI=1S/C13H18BrFO2/c1-2-17-7-3-4-12(16)8-10-5-6-11(14)9-13(10)15/h5-6,9,12,16H,2-4,7-8H2,1H3. The molecule has 2 nitrogen and oxygen atoms in total. The summed E-state index contributed by atoms with van der Waals surface area (Å²) in [5.74, 6) is -0.275. The lowest BCUT2D eigenvalue weighted by molar-refractivity contribution is 0.114. The zero-order valence-corrected chi connectivity index (χ0v) is 11.5. The van der Waals surface area contributed by atoms with E-state index in [1.807, 2.05) is 6.92 Å². The molecule has 0 bridgehead atoms. The quantitative estimate of drug-likeness (QED) is 0.783. The second kappa shape index (κ2) is 7.80. The lowest BCUT2D eigenvalue weighted by Gasteiger charge is -2.11. The van der Waals surface area contributed by atoms with Gasteiger partial charge in [0.25, 0.3) is 0 Å². The van der Waals surface area contributed by atoms with E-state index in [1.165, 1.54) is 6.07 Å². The summed E-state index contributed by atoms with van der Waals surface area (Å²) in [6, 6.07) is 4.90. The van der Waals surface area contributed by atoms with Gasteiger partial charge < -0.3 is 9.84 Å². The van der Waals surface area contributed by atoms with Crippen LogP contribution in [0, 0.1) is 5.82 Å². The molecule has 1 N–H and O–H groups in total. The van der Waals surface area contributed by atoms with Crippen molar-refractivity contribution in [3.63, 3.8) is 0 Å². The Bertz CT molecular complexity index is 344. The van der Waals surface area contributed by atoms with Gasteiger partial charge in [0.2, 0.25) is 0 Å². The van der Waals surface area contributed by atoms with Crippen LogP contribution in [0.15, 0.2) is 22.7 Å². The Balaban J connectivity index is 2.37. The van der Waals surface area contributed by atoms with E-state index in [4.69, 9.17) is 4.74 Å². The predicted molar refractivity (Wildman–Crippen MR) is 69.5 cm³/mol. The van der Waals surface area contributed by atoms with E-state index in [2.05, 4.69) is 15.9 Å². The van der Waals surface area contributed by atoms with Gasteiger partial charge in [-0.05, 0) is 37.5 Å². The lowest BCUT2D eigenvalue weighted by Crippen LogP contribution is -2.12. The highest BCUT2D eigenvalue weighted by Crippen LogP contribution is 2.17. The molecule has 0 saturated heterocycles. The van der Waals surface area contributed by atoms with Crippen LogP contribution in [0.1, 0.15) is 25.3 Å². The number of hydrogen-bond acceptors (Lipinski definition) is 2. The molecular formula is C13H18BrFO2. The summed E-state index contributed by atoms with van der Waals surface area (Å²) in [5.41, 5.74) is 0.553. The maximum Gasteiger partial charge on any atom is 0.127 e. The van der Waals surface area contributed by atoms with E-state index in [-0.39, 0.29) is 5.82 Å². The Labute approximate surface area is 110 Å². The van der Waals surface area contributed by atoms with Crippen LogP contribution in [0.3, 0.4) is 0 Å². The first-order chi connectivity index (χ1) is 8.13. The third-order valence-corrected chi connectivity index (χ3v) is 2.99. The van der Waals surface area contributed by atoms with Crippen LogP contribution < -0.4 is 0 Å². The number of benzene rings is 1. The molecule has 0 heterocycles. The highest BCUT2D eigenvalue weighted by atomic mass is 79.9. The summed E-state index contributed by atoms with van der Waals surface area (Å²) in [6.07, 6.45) is 1.28. The van der Waals surface area contributed by atoms with Gasteiger partial charge in [-0.1, -0.05) is 22.0 Å². The zero-order chi connectivity index (χ0) is 12.7. The van der Waals surface area contributed by atoms with Gasteiger partial charge in [0.1, 0.15) is 5.82 Å². The topological polar surface area (TPSA) is 29.5 Å². The van der Waals surface area contributed by atoms with Crippen LogP contribution in [0.25, 0.3) is 0 Å². The van der Waals surface area contributed by atoms with E-state index in [0.717, 1.165) is 6.42 Å². The molecule has 0 aliphatic rings. The Morgan fingerprint density at radius 1 is 1.47 bits per heavy atom. The maximum atomic E-state index is 13.5. The third-order valence-electron chi connectivity index (χ3n) is 2.50. The van der Waals surface area contributed by atoms with Crippen LogP contribution in [0.4, 0.5) is 4.39 Å². The van der Waals surface area contributed by atoms with Crippen LogP contribution in [-0.4, -0.2) is 24.4 Å². The second-order valence-corrected chi connectivity index (χ2v) is 4.85. The Morgan fingerprint density at radius 2 is 2.24 bits per heavy atom. The van der Waals surface area contributed by atoms with Crippen molar-refractivity contribution in [2.75, 3.05) is 13.2 Å². The normalized spacial score (nSPS) is 12.7. The number of aliphatic hydroxyl groups excluding tert-OH is 1. The van der Waals surface area contributed by atoms with Gasteiger partial charge in [-0.25, -0.2) is 4.39 Å². The predicted octanol–water partition coefficient (Wildman–Crippen LogP) is 3.31. The molecule has 17 heavy (non-hydrogen) atoms. The number of halogens is 2. The molecule has 0 spiro atoms. The van der Waals surface area contributed by atoms with Crippen molar-refractivity contribution in [3.8, 4) is 0 Å². The van der Waals surface area contributed by atoms with Crippen molar-refractivity contribution in [1.29, 1.82) is 0 Å². The zero-order valence-electron chi connectivity index (χ0n) is 9.96. The minimum absolute atomic E-state index is 0.275. The molecule has 0 aromatic heterocycles. The molecule has 0 aliphatic heterocycles. The fourth-order valence-electron chi connectivity index (χ4n) is 1.61. The molecular weight excluding hydrogens is 287 g/mol. The van der Waals surface area contributed by atoms with Crippen molar-refractivity contribution in [1.82, 2.24) is 0 Å². The first-order valence-corrected chi connectivity index (χ1v) is 6.62. The van der Waals surface area contributed by atoms with E-state index >= 15 is 0 Å². The van der Waals surface area contributed by atoms with Crippen LogP contribution in [0.5, 0.6) is 0 Å². The molecule has 1 rings (SSSR count). The molecule has 0 radical (unpaired) electrons. The maximum absolute atomic E-state index is 13.5. The molecule has 0 amide bonds. The summed E-state index contributed by atoms with van der Waals surface area (Å²) in [6.45, 7) is 3.28. The smallest absolute Gasteiger partial charge is 0.127 e. The monoisotopic (exact) mass is 304 g/mol. The summed E-state index contributed by atoms with van der Waals surface area (Å²) < 4.78 is 19.4. The van der Waals surface area contributed by atoms with E-state index in [1.54, 1.807) is 12.1 Å². The first-order valence-electron chi connectivity index (χ1n) is 5.83. The SMILES string of the molecule is CCOCCCC(O)Cc1ccc(Br)cc1F. The summed E-state index contributed by atoms with van der Waals surface area (Å²) in [5, 5.41) is 9.76. The number of rotatable bonds is 7. The highest BCUT2D eigenvalue weighted by Gasteiger charge is 2.09. The average Bonchev–Trinajstić information content (AvgIpc) is 2.28. The fraction of sp³-hybridized carbons (Fsp3) is 0.538. The Kier molecular flexibility index (Phi) is 6.70. The van der Waals surface area contributed by atoms with Crippen LogP contribution in [0.2, 0.25) is 0 Å². The Morgan fingerprint density at radius 3 is 2.88 bits per heavy atom. The van der Waals surface area contributed by atoms with Crippen LogP contribution in [-0.2, 0) is 11.2 Å². The molecule has 1 atom stereocenters. The summed E-state index contributed by atoms with van der Waals surface area (Å²) in [7, 11) is 0. The van der Waals surface area contributed by atoms with E-state index in [0.29, 0.717) is 36.1 Å². The third kappa shape index (κ3) is 5.61. The van der Waals surface area contributed by atoms with E-state index in [9.17, 15) is 9.50 Å². The minimum atomic E-state index is -0.508. The van der Waals surface area contributed by atoms with Gasteiger partial charge in [-0.15, -0.1) is 0 Å². The van der Waals surface area contributed by atoms with Crippen molar-refractivity contribution in [2.45, 2.75) is 32.3 Å². The first kappa shape index (κ1) is 14.6. The summed E-state index contributed by atoms with van der Waals surface area (Å²) in [4.78, 5) is 0. The molecule has 1 aromatic carbocycles. The van der Waals surface area contributed by atoms with Gasteiger partial charge in [-0.3, -0.25) is 0 Å². The molecule has 0 aliphatic carbocycles. The van der Waals surface area contributed by atoms with E-state index < -0.39 is 6.10 Å². The van der Waals surface area contributed by atoms with Gasteiger partial charge in [0.05, 0.1) is 6.10 Å². The van der Waals surface area contributed by atoms with Crippen molar-refractivity contribution >= 4 is 15.9 Å². The number of aliphatic hydroxyl groups is 1. The van der Waals surface area contributed by atoms with Gasteiger partial charge >= 0.3 is 0 Å².